The molecule has 0 heterocycles. The van der Waals surface area contributed by atoms with Gasteiger partial charge < -0.3 is 10.4 Å². The van der Waals surface area contributed by atoms with Gasteiger partial charge in [0.2, 0.25) is 0 Å². The molecule has 2 nitrogen and oxygen atoms in total. The van der Waals surface area contributed by atoms with Gasteiger partial charge in [0.1, 0.15) is 0 Å². The van der Waals surface area contributed by atoms with Crippen LogP contribution in [0.4, 0.5) is 0 Å². The summed E-state index contributed by atoms with van der Waals surface area (Å²) in [6.45, 7) is 5.69. The summed E-state index contributed by atoms with van der Waals surface area (Å²) in [5.41, 5.74) is 0.561. The van der Waals surface area contributed by atoms with Crippen LogP contribution in [0.25, 0.3) is 0 Å². The summed E-state index contributed by atoms with van der Waals surface area (Å²) in [7, 11) is 0. The van der Waals surface area contributed by atoms with E-state index in [0.717, 1.165) is 19.0 Å². The molecule has 0 radical (unpaired) electrons. The molecule has 0 amide bonds. The van der Waals surface area contributed by atoms with Gasteiger partial charge in [0.25, 0.3) is 0 Å². The average molecular weight is 197 g/mol. The Hall–Kier alpha value is -0.0800. The Morgan fingerprint density at radius 3 is 2.50 bits per heavy atom. The maximum Gasteiger partial charge on any atom is 0.0580 e. The molecule has 2 heteroatoms. The third-order valence-electron chi connectivity index (χ3n) is 3.89. The van der Waals surface area contributed by atoms with Crippen molar-refractivity contribution in [3.63, 3.8) is 0 Å². The first kappa shape index (κ1) is 10.4. The van der Waals surface area contributed by atoms with Crippen molar-refractivity contribution in [2.45, 2.75) is 58.1 Å². The van der Waals surface area contributed by atoms with E-state index in [4.69, 9.17) is 0 Å². The Morgan fingerprint density at radius 2 is 2.00 bits per heavy atom. The third-order valence-corrected chi connectivity index (χ3v) is 3.89. The van der Waals surface area contributed by atoms with E-state index in [0.29, 0.717) is 11.3 Å². The van der Waals surface area contributed by atoms with Gasteiger partial charge in [-0.1, -0.05) is 20.3 Å². The van der Waals surface area contributed by atoms with Crippen LogP contribution in [-0.4, -0.2) is 23.8 Å². The van der Waals surface area contributed by atoms with Crippen LogP contribution in [0.5, 0.6) is 0 Å². The summed E-state index contributed by atoms with van der Waals surface area (Å²) in [4.78, 5) is 0. The topological polar surface area (TPSA) is 32.3 Å². The van der Waals surface area contributed by atoms with Crippen molar-refractivity contribution in [1.29, 1.82) is 0 Å². The standard InChI is InChI=1S/C12H23NO/c1-12(2)6-10(7-12)13-8-9-4-3-5-11(9)14/h9-11,13-14H,3-8H2,1-2H3. The molecule has 0 aromatic heterocycles. The summed E-state index contributed by atoms with van der Waals surface area (Å²) < 4.78 is 0. The lowest BCUT2D eigenvalue weighted by atomic mass is 9.68. The van der Waals surface area contributed by atoms with Gasteiger partial charge in [-0.15, -0.1) is 0 Å². The maximum atomic E-state index is 9.66. The predicted molar refractivity (Wildman–Crippen MR) is 58.2 cm³/mol. The van der Waals surface area contributed by atoms with E-state index in [1.54, 1.807) is 0 Å². The van der Waals surface area contributed by atoms with E-state index < -0.39 is 0 Å². The van der Waals surface area contributed by atoms with Gasteiger partial charge >= 0.3 is 0 Å². The van der Waals surface area contributed by atoms with Crippen LogP contribution in [0, 0.1) is 11.3 Å². The van der Waals surface area contributed by atoms with Gasteiger partial charge in [-0.2, -0.15) is 0 Å². The maximum absolute atomic E-state index is 9.66. The first-order valence-corrected chi connectivity index (χ1v) is 5.98. The van der Waals surface area contributed by atoms with Gasteiger partial charge in [0, 0.05) is 12.6 Å². The SMILES string of the molecule is CC1(C)CC(NCC2CCCC2O)C1. The highest BCUT2D eigenvalue weighted by molar-refractivity contribution is 4.92. The van der Waals surface area contributed by atoms with Crippen LogP contribution < -0.4 is 5.32 Å². The zero-order valence-corrected chi connectivity index (χ0v) is 9.42. The van der Waals surface area contributed by atoms with Gasteiger partial charge in [-0.05, 0) is 37.0 Å². The van der Waals surface area contributed by atoms with E-state index in [-0.39, 0.29) is 6.10 Å². The van der Waals surface area contributed by atoms with Gasteiger partial charge in [0.05, 0.1) is 6.10 Å². The average Bonchev–Trinajstić information content (AvgIpc) is 2.44. The van der Waals surface area contributed by atoms with Gasteiger partial charge in [-0.25, -0.2) is 0 Å². The van der Waals surface area contributed by atoms with Crippen LogP contribution in [0.3, 0.4) is 0 Å². The highest BCUT2D eigenvalue weighted by Gasteiger charge is 2.36. The number of nitrogens with one attached hydrogen (secondary N) is 1. The molecular weight excluding hydrogens is 174 g/mol. The van der Waals surface area contributed by atoms with Gasteiger partial charge in [0.15, 0.2) is 0 Å². The van der Waals surface area contributed by atoms with Crippen molar-refractivity contribution in [2.75, 3.05) is 6.54 Å². The van der Waals surface area contributed by atoms with Crippen molar-refractivity contribution in [2.24, 2.45) is 11.3 Å². The molecule has 0 aromatic rings. The lowest BCUT2D eigenvalue weighted by Crippen LogP contribution is -2.47. The smallest absolute Gasteiger partial charge is 0.0580 e. The fourth-order valence-electron chi connectivity index (χ4n) is 2.99. The second kappa shape index (κ2) is 3.82. The monoisotopic (exact) mass is 197 g/mol. The zero-order valence-electron chi connectivity index (χ0n) is 9.42. The number of hydrogen-bond acceptors (Lipinski definition) is 2. The number of hydrogen-bond donors (Lipinski definition) is 2. The van der Waals surface area contributed by atoms with Crippen LogP contribution in [0.1, 0.15) is 46.0 Å². The van der Waals surface area contributed by atoms with Crippen LogP contribution in [-0.2, 0) is 0 Å². The molecule has 2 N–H and O–H groups in total. The molecule has 2 fully saturated rings. The van der Waals surface area contributed by atoms with Crippen molar-refractivity contribution < 1.29 is 5.11 Å². The highest BCUT2D eigenvalue weighted by atomic mass is 16.3. The largest absolute Gasteiger partial charge is 0.393 e. The van der Waals surface area contributed by atoms with Crippen molar-refractivity contribution in [3.8, 4) is 0 Å². The van der Waals surface area contributed by atoms with E-state index >= 15 is 0 Å². The molecule has 2 aliphatic rings. The molecule has 0 aromatic carbocycles. The normalized spacial score (nSPS) is 37.1. The molecule has 14 heavy (non-hydrogen) atoms. The molecule has 2 saturated carbocycles. The number of rotatable bonds is 3. The minimum absolute atomic E-state index is 0.0319. The first-order chi connectivity index (χ1) is 6.57. The number of aliphatic hydroxyl groups excluding tert-OH is 1. The summed E-state index contributed by atoms with van der Waals surface area (Å²) >= 11 is 0. The number of aliphatic hydroxyl groups is 1. The summed E-state index contributed by atoms with van der Waals surface area (Å²) in [5, 5.41) is 13.2. The fourth-order valence-corrected chi connectivity index (χ4v) is 2.99. The second-order valence-corrected chi connectivity index (χ2v) is 5.94. The Balaban J connectivity index is 1.64. The fraction of sp³-hybridized carbons (Fsp3) is 1.00. The summed E-state index contributed by atoms with van der Waals surface area (Å²) in [6.07, 6.45) is 6.01. The predicted octanol–water partition coefficient (Wildman–Crippen LogP) is 1.93. The molecule has 2 rings (SSSR count). The van der Waals surface area contributed by atoms with Crippen LogP contribution in [0.15, 0.2) is 0 Å². The van der Waals surface area contributed by atoms with Crippen molar-refractivity contribution in [3.05, 3.63) is 0 Å². The second-order valence-electron chi connectivity index (χ2n) is 5.94. The lowest BCUT2D eigenvalue weighted by molar-refractivity contribution is 0.0992. The van der Waals surface area contributed by atoms with E-state index in [9.17, 15) is 5.11 Å². The molecule has 0 spiro atoms. The minimum atomic E-state index is -0.0319. The molecule has 0 bridgehead atoms. The van der Waals surface area contributed by atoms with Crippen LogP contribution >= 0.6 is 0 Å². The Morgan fingerprint density at radius 1 is 1.29 bits per heavy atom. The quantitative estimate of drug-likeness (QED) is 0.724. The molecule has 2 aliphatic carbocycles. The summed E-state index contributed by atoms with van der Waals surface area (Å²) in [5.74, 6) is 0.527. The molecule has 2 atom stereocenters. The van der Waals surface area contributed by atoms with Crippen LogP contribution in [0.2, 0.25) is 0 Å². The van der Waals surface area contributed by atoms with Crippen molar-refractivity contribution >= 4 is 0 Å². The van der Waals surface area contributed by atoms with E-state index in [1.165, 1.54) is 25.7 Å². The van der Waals surface area contributed by atoms with Crippen molar-refractivity contribution in [1.82, 2.24) is 5.32 Å². The Kier molecular flexibility index (Phi) is 2.85. The molecule has 82 valence electrons. The molecule has 0 aliphatic heterocycles. The highest BCUT2D eigenvalue weighted by Crippen LogP contribution is 2.40. The molecular formula is C12H23NO. The summed E-state index contributed by atoms with van der Waals surface area (Å²) in [6, 6.07) is 0.720. The van der Waals surface area contributed by atoms with Gasteiger partial charge in [-0.3, -0.25) is 0 Å². The van der Waals surface area contributed by atoms with E-state index in [1.807, 2.05) is 0 Å². The minimum Gasteiger partial charge on any atom is -0.393 e. The zero-order chi connectivity index (χ0) is 10.2. The van der Waals surface area contributed by atoms with E-state index in [2.05, 4.69) is 19.2 Å². The first-order valence-electron chi connectivity index (χ1n) is 5.98. The Bertz CT molecular complexity index is 194. The third kappa shape index (κ3) is 2.29. The lowest BCUT2D eigenvalue weighted by Gasteiger charge is -2.43. The molecule has 0 saturated heterocycles. The Labute approximate surface area is 87.1 Å². The molecule has 2 unspecified atom stereocenters.